The molecule has 8 heteroatoms. The highest BCUT2D eigenvalue weighted by atomic mass is 35.5. The zero-order valence-electron chi connectivity index (χ0n) is 15.8. The minimum atomic E-state index is -0.229. The summed E-state index contributed by atoms with van der Waals surface area (Å²) in [5.74, 6) is 0.793. The van der Waals surface area contributed by atoms with Crippen molar-refractivity contribution in [3.63, 3.8) is 0 Å². The number of nitrogens with one attached hydrogen (secondary N) is 1. The van der Waals surface area contributed by atoms with Crippen molar-refractivity contribution in [3.8, 4) is 11.5 Å². The molecule has 3 rings (SSSR count). The van der Waals surface area contributed by atoms with E-state index in [9.17, 15) is 9.59 Å². The average Bonchev–Trinajstić information content (AvgIpc) is 2.72. The van der Waals surface area contributed by atoms with Gasteiger partial charge in [0.2, 0.25) is 0 Å². The molecule has 0 bridgehead atoms. The minimum Gasteiger partial charge on any atom is -0.484 e. The lowest BCUT2D eigenvalue weighted by molar-refractivity contribution is -0.134. The van der Waals surface area contributed by atoms with Gasteiger partial charge in [-0.3, -0.25) is 9.59 Å². The lowest BCUT2D eigenvalue weighted by atomic mass is 10.1. The fourth-order valence-corrected chi connectivity index (χ4v) is 3.49. The molecule has 6 nitrogen and oxygen atoms in total. The number of hydrogen-bond donors (Lipinski definition) is 1. The maximum atomic E-state index is 12.3. The molecule has 0 atom stereocenters. The molecular formula is C21H22Cl2N2O4. The molecule has 0 spiro atoms. The number of carbonyl (C=O) groups excluding carboxylic acids is 2. The highest BCUT2D eigenvalue weighted by molar-refractivity contribution is 6.35. The first-order valence-corrected chi connectivity index (χ1v) is 10.1. The van der Waals surface area contributed by atoms with E-state index in [4.69, 9.17) is 32.7 Å². The third-order valence-corrected chi connectivity index (χ3v) is 5.10. The van der Waals surface area contributed by atoms with Crippen molar-refractivity contribution < 1.29 is 19.1 Å². The van der Waals surface area contributed by atoms with Gasteiger partial charge in [0.05, 0.1) is 5.02 Å². The summed E-state index contributed by atoms with van der Waals surface area (Å²) in [6.45, 7) is 1.03. The summed E-state index contributed by atoms with van der Waals surface area (Å²) in [4.78, 5) is 26.2. The third-order valence-electron chi connectivity index (χ3n) is 4.57. The molecule has 0 radical (unpaired) electrons. The van der Waals surface area contributed by atoms with E-state index in [0.717, 1.165) is 0 Å². The van der Waals surface area contributed by atoms with Gasteiger partial charge in [0.15, 0.2) is 13.2 Å². The highest BCUT2D eigenvalue weighted by Gasteiger charge is 2.24. The molecule has 0 unspecified atom stereocenters. The fourth-order valence-electron chi connectivity index (χ4n) is 3.03. The molecule has 1 saturated heterocycles. The third kappa shape index (κ3) is 6.54. The molecule has 1 aliphatic heterocycles. The number of likely N-dealkylation sites (tertiary alicyclic amines) is 1. The van der Waals surface area contributed by atoms with Gasteiger partial charge in [0, 0.05) is 24.2 Å². The molecule has 2 aromatic carbocycles. The lowest BCUT2D eigenvalue weighted by Crippen LogP contribution is -2.48. The van der Waals surface area contributed by atoms with Crippen molar-refractivity contribution in [1.29, 1.82) is 0 Å². The monoisotopic (exact) mass is 436 g/mol. The van der Waals surface area contributed by atoms with Crippen LogP contribution in [-0.2, 0) is 9.59 Å². The van der Waals surface area contributed by atoms with Crippen LogP contribution in [0.5, 0.6) is 11.5 Å². The highest BCUT2D eigenvalue weighted by Crippen LogP contribution is 2.27. The van der Waals surface area contributed by atoms with Crippen molar-refractivity contribution in [1.82, 2.24) is 10.2 Å². The summed E-state index contributed by atoms with van der Waals surface area (Å²) in [5.41, 5.74) is 0. The smallest absolute Gasteiger partial charge is 0.260 e. The van der Waals surface area contributed by atoms with E-state index in [-0.39, 0.29) is 31.1 Å². The fraction of sp³-hybridized carbons (Fsp3) is 0.333. The first kappa shape index (κ1) is 21.3. The summed E-state index contributed by atoms with van der Waals surface area (Å²) in [5, 5.41) is 3.79. The summed E-state index contributed by atoms with van der Waals surface area (Å²) in [6.07, 6.45) is 1.37. The number of amides is 2. The van der Waals surface area contributed by atoms with E-state index in [0.29, 0.717) is 47.5 Å². The average molecular weight is 437 g/mol. The van der Waals surface area contributed by atoms with E-state index in [2.05, 4.69) is 5.32 Å². The summed E-state index contributed by atoms with van der Waals surface area (Å²) in [6, 6.07) is 14.1. The molecule has 1 fully saturated rings. The van der Waals surface area contributed by atoms with E-state index >= 15 is 0 Å². The van der Waals surface area contributed by atoms with Crippen molar-refractivity contribution in [2.24, 2.45) is 0 Å². The first-order valence-electron chi connectivity index (χ1n) is 9.34. The topological polar surface area (TPSA) is 67.9 Å². The van der Waals surface area contributed by atoms with Gasteiger partial charge in [-0.25, -0.2) is 0 Å². The molecule has 1 aliphatic rings. The van der Waals surface area contributed by atoms with Crippen molar-refractivity contribution in [3.05, 3.63) is 58.6 Å². The summed E-state index contributed by atoms with van der Waals surface area (Å²) >= 11 is 11.9. The Balaban J connectivity index is 1.36. The van der Waals surface area contributed by atoms with Crippen LogP contribution in [-0.4, -0.2) is 49.1 Å². The molecule has 0 aliphatic carbocycles. The Morgan fingerprint density at radius 1 is 1.00 bits per heavy atom. The second-order valence-corrected chi connectivity index (χ2v) is 7.53. The van der Waals surface area contributed by atoms with Crippen LogP contribution in [0.1, 0.15) is 12.8 Å². The zero-order valence-corrected chi connectivity index (χ0v) is 17.3. The molecule has 1 heterocycles. The number of rotatable bonds is 7. The van der Waals surface area contributed by atoms with Crippen molar-refractivity contribution in [2.75, 3.05) is 26.3 Å². The maximum absolute atomic E-state index is 12.3. The van der Waals surface area contributed by atoms with Gasteiger partial charge in [-0.05, 0) is 43.2 Å². The number of halogens is 2. The number of piperidine rings is 1. The Labute approximate surface area is 179 Å². The van der Waals surface area contributed by atoms with Gasteiger partial charge in [-0.2, -0.15) is 0 Å². The molecular weight excluding hydrogens is 415 g/mol. The molecule has 154 valence electrons. The Hall–Kier alpha value is -2.44. The zero-order chi connectivity index (χ0) is 20.6. The normalized spacial score (nSPS) is 14.3. The predicted molar refractivity (Wildman–Crippen MR) is 112 cm³/mol. The van der Waals surface area contributed by atoms with Gasteiger partial charge >= 0.3 is 0 Å². The van der Waals surface area contributed by atoms with Crippen LogP contribution in [0.15, 0.2) is 48.5 Å². The number of ether oxygens (including phenoxy) is 2. The Bertz CT molecular complexity index is 840. The largest absolute Gasteiger partial charge is 0.484 e. The molecule has 2 amide bonds. The molecule has 2 aromatic rings. The van der Waals surface area contributed by atoms with E-state index < -0.39 is 0 Å². The first-order chi connectivity index (χ1) is 14.0. The van der Waals surface area contributed by atoms with Crippen LogP contribution in [0.2, 0.25) is 10.0 Å². The van der Waals surface area contributed by atoms with Gasteiger partial charge in [-0.1, -0.05) is 41.4 Å². The summed E-state index contributed by atoms with van der Waals surface area (Å²) < 4.78 is 11.0. The second kappa shape index (κ2) is 10.4. The number of para-hydroxylation sites is 1. The number of carbonyl (C=O) groups is 2. The Kier molecular flexibility index (Phi) is 7.61. The maximum Gasteiger partial charge on any atom is 0.260 e. The molecule has 0 saturated carbocycles. The van der Waals surface area contributed by atoms with Crippen molar-refractivity contribution in [2.45, 2.75) is 18.9 Å². The van der Waals surface area contributed by atoms with Gasteiger partial charge in [-0.15, -0.1) is 0 Å². The van der Waals surface area contributed by atoms with Crippen molar-refractivity contribution >= 4 is 35.0 Å². The van der Waals surface area contributed by atoms with Gasteiger partial charge in [0.1, 0.15) is 11.5 Å². The Morgan fingerprint density at radius 2 is 1.72 bits per heavy atom. The molecule has 1 N–H and O–H groups in total. The Morgan fingerprint density at radius 3 is 2.41 bits per heavy atom. The van der Waals surface area contributed by atoms with E-state index in [1.165, 1.54) is 0 Å². The number of nitrogens with zero attached hydrogens (tertiary/aromatic N) is 1. The van der Waals surface area contributed by atoms with Crippen LogP contribution in [0.4, 0.5) is 0 Å². The van der Waals surface area contributed by atoms with Crippen LogP contribution >= 0.6 is 23.2 Å². The van der Waals surface area contributed by atoms with Gasteiger partial charge in [0.25, 0.3) is 11.8 Å². The van der Waals surface area contributed by atoms with Crippen LogP contribution in [0.3, 0.4) is 0 Å². The van der Waals surface area contributed by atoms with Gasteiger partial charge < -0.3 is 19.7 Å². The van der Waals surface area contributed by atoms with E-state index in [1.807, 2.05) is 30.3 Å². The SMILES string of the molecule is O=C(COc1ccc(Cl)cc1Cl)NC1CCN(C(=O)COc2ccccc2)CC1. The minimum absolute atomic E-state index is 0.00545. The van der Waals surface area contributed by atoms with Crippen LogP contribution in [0, 0.1) is 0 Å². The summed E-state index contributed by atoms with van der Waals surface area (Å²) in [7, 11) is 0. The second-order valence-electron chi connectivity index (χ2n) is 6.69. The van der Waals surface area contributed by atoms with Crippen LogP contribution in [0.25, 0.3) is 0 Å². The quantitative estimate of drug-likeness (QED) is 0.720. The van der Waals surface area contributed by atoms with E-state index in [1.54, 1.807) is 23.1 Å². The lowest BCUT2D eigenvalue weighted by Gasteiger charge is -2.32. The standard InChI is InChI=1S/C21H22Cl2N2O4/c22-15-6-7-19(18(23)12-15)29-13-20(26)24-16-8-10-25(11-9-16)21(27)14-28-17-4-2-1-3-5-17/h1-7,12,16H,8-11,13-14H2,(H,24,26). The molecule has 29 heavy (non-hydrogen) atoms. The van der Waals surface area contributed by atoms with Crippen LogP contribution < -0.4 is 14.8 Å². The molecule has 0 aromatic heterocycles. The predicted octanol–water partition coefficient (Wildman–Crippen LogP) is 3.56. The number of hydrogen-bond acceptors (Lipinski definition) is 4. The number of benzene rings is 2.